The van der Waals surface area contributed by atoms with E-state index in [2.05, 4.69) is 16.6 Å². The number of nitrogens with zero attached hydrogens (tertiary/aromatic N) is 2. The van der Waals surface area contributed by atoms with Crippen molar-refractivity contribution in [2.45, 2.75) is 43.9 Å². The van der Waals surface area contributed by atoms with Gasteiger partial charge < -0.3 is 10.6 Å². The van der Waals surface area contributed by atoms with Gasteiger partial charge in [0.05, 0.1) is 4.90 Å². The van der Waals surface area contributed by atoms with Gasteiger partial charge in [0.15, 0.2) is 0 Å². The van der Waals surface area contributed by atoms with Crippen molar-refractivity contribution in [1.82, 2.24) is 9.62 Å². The number of likely N-dealkylation sites (tertiary alicyclic amines) is 1. The zero-order chi connectivity index (χ0) is 19.5. The normalized spacial score (nSPS) is 23.9. The fourth-order valence-corrected chi connectivity index (χ4v) is 4.82. The van der Waals surface area contributed by atoms with E-state index in [9.17, 15) is 13.2 Å². The highest BCUT2D eigenvalue weighted by Crippen LogP contribution is 2.29. The van der Waals surface area contributed by atoms with E-state index in [0.717, 1.165) is 38.8 Å². The largest absolute Gasteiger partial charge is 0.342 e. The molecule has 1 saturated heterocycles. The van der Waals surface area contributed by atoms with Gasteiger partial charge in [0, 0.05) is 31.6 Å². The van der Waals surface area contributed by atoms with E-state index >= 15 is 0 Å². The summed E-state index contributed by atoms with van der Waals surface area (Å²) in [4.78, 5) is 18.9. The van der Waals surface area contributed by atoms with Crippen LogP contribution in [-0.2, 0) is 14.8 Å². The number of carbonyl (C=O) groups excluding carboxylic acids is 1. The first kappa shape index (κ1) is 22.6. The van der Waals surface area contributed by atoms with Gasteiger partial charge in [-0.1, -0.05) is 25.5 Å². The Morgan fingerprint density at radius 3 is 2.75 bits per heavy atom. The molecule has 2 aliphatic rings. The lowest BCUT2D eigenvalue weighted by molar-refractivity contribution is -0.130. The molecule has 28 heavy (non-hydrogen) atoms. The number of unbranched alkanes of at least 4 members (excludes halogenated alkanes) is 2. The summed E-state index contributed by atoms with van der Waals surface area (Å²) in [6.45, 7) is 4.85. The second kappa shape index (κ2) is 9.24. The van der Waals surface area contributed by atoms with Crippen molar-refractivity contribution in [2.75, 3.05) is 26.2 Å². The van der Waals surface area contributed by atoms with Gasteiger partial charge in [-0.3, -0.25) is 14.5 Å². The van der Waals surface area contributed by atoms with Crippen LogP contribution in [-0.4, -0.2) is 51.2 Å². The average Bonchev–Trinajstić information content (AvgIpc) is 3.17. The molecular weight excluding hydrogens is 400 g/mol. The lowest BCUT2D eigenvalue weighted by Gasteiger charge is -2.22. The molecule has 2 aliphatic heterocycles. The van der Waals surface area contributed by atoms with E-state index in [4.69, 9.17) is 5.73 Å². The van der Waals surface area contributed by atoms with Crippen molar-refractivity contribution in [1.29, 1.82) is 0 Å². The molecule has 0 saturated carbocycles. The number of rotatable bonds is 7. The summed E-state index contributed by atoms with van der Waals surface area (Å²) in [5, 5.41) is 0. The van der Waals surface area contributed by atoms with Crippen molar-refractivity contribution in [3.63, 3.8) is 0 Å². The third kappa shape index (κ3) is 5.04. The van der Waals surface area contributed by atoms with E-state index in [1.807, 2.05) is 4.90 Å². The lowest BCUT2D eigenvalue weighted by atomic mass is 9.90. The van der Waals surface area contributed by atoms with E-state index in [0.29, 0.717) is 30.9 Å². The number of sulfonamides is 1. The van der Waals surface area contributed by atoms with Crippen molar-refractivity contribution in [3.8, 4) is 0 Å². The van der Waals surface area contributed by atoms with Crippen molar-refractivity contribution in [3.05, 3.63) is 29.8 Å². The molecule has 0 spiro atoms. The number of amidine groups is 1. The van der Waals surface area contributed by atoms with E-state index in [1.54, 1.807) is 24.3 Å². The summed E-state index contributed by atoms with van der Waals surface area (Å²) in [6.07, 6.45) is 4.05. The maximum Gasteiger partial charge on any atom is 0.263 e. The zero-order valence-corrected chi connectivity index (χ0v) is 17.8. The quantitative estimate of drug-likeness (QED) is 0.647. The Labute approximate surface area is 173 Å². The van der Waals surface area contributed by atoms with Gasteiger partial charge in [-0.25, -0.2) is 8.42 Å². The number of benzene rings is 1. The van der Waals surface area contributed by atoms with Crippen LogP contribution in [0.1, 0.15) is 44.6 Å². The number of hydrogen-bond acceptors (Lipinski definition) is 5. The number of carbonyl (C=O) groups is 1. The standard InChI is InChI=1S/C19H28N4O3S.ClH/c1-19(13-20)10-12-23(14-19)17(24)9-3-2-6-11-21-18-15-7-4-5-8-16(15)27(25,26)22-18;/h4-5,7-8H,2-3,6,9-14,20H2,1H3,(H,21,22);1H. The summed E-state index contributed by atoms with van der Waals surface area (Å²) in [5.74, 6) is 0.621. The van der Waals surface area contributed by atoms with Gasteiger partial charge in [-0.05, 0) is 43.4 Å². The van der Waals surface area contributed by atoms with Gasteiger partial charge in [0.1, 0.15) is 5.84 Å². The molecule has 0 radical (unpaired) electrons. The zero-order valence-electron chi connectivity index (χ0n) is 16.2. The highest BCUT2D eigenvalue weighted by atomic mass is 35.5. The number of nitrogens with one attached hydrogen (secondary N) is 1. The van der Waals surface area contributed by atoms with Gasteiger partial charge in [0.25, 0.3) is 10.0 Å². The Kier molecular flexibility index (Phi) is 7.47. The average molecular weight is 429 g/mol. The SMILES string of the molecule is CC1(CN)CCN(C(=O)CCCCCN=C2NS(=O)(=O)c3ccccc32)C1.Cl. The predicted molar refractivity (Wildman–Crippen MR) is 112 cm³/mol. The molecule has 1 aromatic rings. The Morgan fingerprint density at radius 2 is 2.04 bits per heavy atom. The van der Waals surface area contributed by atoms with Gasteiger partial charge in [0.2, 0.25) is 5.91 Å². The van der Waals surface area contributed by atoms with E-state index in [1.165, 1.54) is 0 Å². The minimum absolute atomic E-state index is 0. The van der Waals surface area contributed by atoms with Crippen molar-refractivity contribution in [2.24, 2.45) is 16.1 Å². The van der Waals surface area contributed by atoms with Crippen LogP contribution < -0.4 is 10.5 Å². The highest BCUT2D eigenvalue weighted by molar-refractivity contribution is 7.90. The summed E-state index contributed by atoms with van der Waals surface area (Å²) in [7, 11) is -3.47. The number of fused-ring (bicyclic) bond motifs is 1. The number of nitrogens with two attached hydrogens (primary N) is 1. The van der Waals surface area contributed by atoms with Crippen LogP contribution in [0.3, 0.4) is 0 Å². The predicted octanol–water partition coefficient (Wildman–Crippen LogP) is 1.90. The minimum Gasteiger partial charge on any atom is -0.342 e. The molecular formula is C19H29ClN4O3S. The van der Waals surface area contributed by atoms with Crippen LogP contribution in [0.15, 0.2) is 34.2 Å². The van der Waals surface area contributed by atoms with Crippen molar-refractivity contribution >= 4 is 34.2 Å². The lowest BCUT2D eigenvalue weighted by Crippen LogP contribution is -2.34. The molecule has 1 amide bonds. The number of hydrogen-bond donors (Lipinski definition) is 2. The third-order valence-electron chi connectivity index (χ3n) is 5.38. The van der Waals surface area contributed by atoms with E-state index in [-0.39, 0.29) is 28.6 Å². The molecule has 0 bridgehead atoms. The van der Waals surface area contributed by atoms with Crippen LogP contribution in [0.2, 0.25) is 0 Å². The molecule has 1 unspecified atom stereocenters. The van der Waals surface area contributed by atoms with Gasteiger partial charge in [-0.2, -0.15) is 0 Å². The van der Waals surface area contributed by atoms with Crippen LogP contribution in [0, 0.1) is 5.41 Å². The number of aliphatic imine (C=N–C) groups is 1. The summed E-state index contributed by atoms with van der Waals surface area (Å²) < 4.78 is 26.6. The highest BCUT2D eigenvalue weighted by Gasteiger charge is 2.34. The third-order valence-corrected chi connectivity index (χ3v) is 6.78. The van der Waals surface area contributed by atoms with Crippen LogP contribution in [0.25, 0.3) is 0 Å². The molecule has 9 heteroatoms. The Hall–Kier alpha value is -1.64. The van der Waals surface area contributed by atoms with Crippen molar-refractivity contribution < 1.29 is 13.2 Å². The van der Waals surface area contributed by atoms with Crippen LogP contribution in [0.5, 0.6) is 0 Å². The summed E-state index contributed by atoms with van der Waals surface area (Å²) in [5.41, 5.74) is 6.49. The number of halogens is 1. The molecule has 1 fully saturated rings. The first-order valence-electron chi connectivity index (χ1n) is 9.49. The molecule has 0 aliphatic carbocycles. The molecule has 1 atom stereocenters. The fraction of sp³-hybridized carbons (Fsp3) is 0.579. The summed E-state index contributed by atoms with van der Waals surface area (Å²) in [6, 6.07) is 6.85. The monoisotopic (exact) mass is 428 g/mol. The van der Waals surface area contributed by atoms with Gasteiger partial charge in [-0.15, -0.1) is 12.4 Å². The first-order chi connectivity index (χ1) is 12.8. The number of amides is 1. The molecule has 3 rings (SSSR count). The maximum absolute atomic E-state index is 12.3. The first-order valence-corrected chi connectivity index (χ1v) is 11.0. The second-order valence-electron chi connectivity index (χ2n) is 7.72. The Bertz CT molecular complexity index is 843. The Balaban J connectivity index is 0.00000280. The fourth-order valence-electron chi connectivity index (χ4n) is 3.57. The van der Waals surface area contributed by atoms with Crippen LogP contribution in [0.4, 0.5) is 0 Å². The maximum atomic E-state index is 12.3. The molecule has 3 N–H and O–H groups in total. The smallest absolute Gasteiger partial charge is 0.263 e. The van der Waals surface area contributed by atoms with E-state index < -0.39 is 10.0 Å². The molecule has 1 aromatic carbocycles. The minimum atomic E-state index is -3.47. The molecule has 0 aromatic heterocycles. The summed E-state index contributed by atoms with van der Waals surface area (Å²) >= 11 is 0. The molecule has 156 valence electrons. The Morgan fingerprint density at radius 1 is 1.29 bits per heavy atom. The second-order valence-corrected chi connectivity index (χ2v) is 9.37. The van der Waals surface area contributed by atoms with Gasteiger partial charge >= 0.3 is 0 Å². The molecule has 7 nitrogen and oxygen atoms in total. The topological polar surface area (TPSA) is 105 Å². The molecule has 2 heterocycles. The van der Waals surface area contributed by atoms with Crippen LogP contribution >= 0.6 is 12.4 Å².